The molecule has 0 amide bonds. The van der Waals surface area contributed by atoms with Crippen LogP contribution in [0.2, 0.25) is 5.02 Å². The topological polar surface area (TPSA) is 61.0 Å². The second kappa shape index (κ2) is 5.44. The van der Waals surface area contributed by atoms with Crippen molar-refractivity contribution in [3.05, 3.63) is 45.8 Å². The van der Waals surface area contributed by atoms with Crippen molar-refractivity contribution in [3.8, 4) is 11.6 Å². The SMILES string of the molecule is NCc1cnc(Oc2ccc(Br)cc2Cl)cn1. The molecule has 0 unspecified atom stereocenters. The highest BCUT2D eigenvalue weighted by Crippen LogP contribution is 2.30. The zero-order chi connectivity index (χ0) is 12.3. The number of ether oxygens (including phenoxy) is 1. The molecule has 0 saturated heterocycles. The molecule has 0 saturated carbocycles. The Morgan fingerprint density at radius 3 is 2.71 bits per heavy atom. The maximum atomic E-state index is 6.01. The molecule has 17 heavy (non-hydrogen) atoms. The molecule has 2 aromatic rings. The molecule has 6 heteroatoms. The number of nitrogens with zero attached hydrogens (tertiary/aromatic N) is 2. The van der Waals surface area contributed by atoms with Crippen LogP contribution >= 0.6 is 27.5 Å². The van der Waals surface area contributed by atoms with Gasteiger partial charge in [0, 0.05) is 11.0 Å². The molecule has 0 spiro atoms. The van der Waals surface area contributed by atoms with Gasteiger partial charge >= 0.3 is 0 Å². The molecule has 88 valence electrons. The first-order valence-corrected chi connectivity index (χ1v) is 6.00. The van der Waals surface area contributed by atoms with Crippen molar-refractivity contribution < 1.29 is 4.74 Å². The maximum Gasteiger partial charge on any atom is 0.237 e. The minimum Gasteiger partial charge on any atom is -0.436 e. The molecular formula is C11H9BrClN3O. The van der Waals surface area contributed by atoms with Crippen LogP contribution in [0.25, 0.3) is 0 Å². The van der Waals surface area contributed by atoms with Crippen molar-refractivity contribution in [3.63, 3.8) is 0 Å². The molecule has 1 heterocycles. The van der Waals surface area contributed by atoms with Crippen LogP contribution < -0.4 is 10.5 Å². The number of nitrogens with two attached hydrogens (primary N) is 1. The summed E-state index contributed by atoms with van der Waals surface area (Å²) in [7, 11) is 0. The zero-order valence-electron chi connectivity index (χ0n) is 8.73. The van der Waals surface area contributed by atoms with Crippen LogP contribution in [0.15, 0.2) is 35.1 Å². The quantitative estimate of drug-likeness (QED) is 0.945. The lowest BCUT2D eigenvalue weighted by Gasteiger charge is -2.06. The van der Waals surface area contributed by atoms with E-state index in [9.17, 15) is 0 Å². The molecule has 2 N–H and O–H groups in total. The van der Waals surface area contributed by atoms with Gasteiger partial charge in [-0.2, -0.15) is 0 Å². The summed E-state index contributed by atoms with van der Waals surface area (Å²) in [6.07, 6.45) is 3.09. The maximum absolute atomic E-state index is 6.01. The Bertz CT molecular complexity index is 519. The Kier molecular flexibility index (Phi) is 3.93. The number of rotatable bonds is 3. The van der Waals surface area contributed by atoms with Crippen LogP contribution in [-0.4, -0.2) is 9.97 Å². The fourth-order valence-corrected chi connectivity index (χ4v) is 1.88. The summed E-state index contributed by atoms with van der Waals surface area (Å²) in [5.41, 5.74) is 6.13. The van der Waals surface area contributed by atoms with Gasteiger partial charge in [-0.3, -0.25) is 4.98 Å². The first-order valence-electron chi connectivity index (χ1n) is 4.83. The van der Waals surface area contributed by atoms with Crippen molar-refractivity contribution in [2.45, 2.75) is 6.54 Å². The number of hydrogen-bond donors (Lipinski definition) is 1. The molecule has 2 rings (SSSR count). The Morgan fingerprint density at radius 2 is 2.12 bits per heavy atom. The lowest BCUT2D eigenvalue weighted by atomic mass is 10.3. The normalized spacial score (nSPS) is 10.3. The first kappa shape index (κ1) is 12.3. The van der Waals surface area contributed by atoms with Crippen molar-refractivity contribution in [1.29, 1.82) is 0 Å². The summed E-state index contributed by atoms with van der Waals surface area (Å²) in [5, 5.41) is 0.504. The van der Waals surface area contributed by atoms with Crippen molar-refractivity contribution >= 4 is 27.5 Å². The van der Waals surface area contributed by atoms with Crippen LogP contribution in [0, 0.1) is 0 Å². The summed E-state index contributed by atoms with van der Waals surface area (Å²) >= 11 is 9.33. The Balaban J connectivity index is 2.19. The molecular weight excluding hydrogens is 305 g/mol. The molecule has 0 bridgehead atoms. The van der Waals surface area contributed by atoms with Gasteiger partial charge in [-0.05, 0) is 18.2 Å². The van der Waals surface area contributed by atoms with Crippen molar-refractivity contribution in [1.82, 2.24) is 9.97 Å². The van der Waals surface area contributed by atoms with E-state index in [4.69, 9.17) is 22.1 Å². The van der Waals surface area contributed by atoms with E-state index in [0.717, 1.165) is 4.47 Å². The van der Waals surface area contributed by atoms with Crippen LogP contribution in [0.1, 0.15) is 5.69 Å². The molecule has 0 aliphatic rings. The summed E-state index contributed by atoms with van der Waals surface area (Å²) in [5.74, 6) is 0.913. The molecule has 1 aromatic heterocycles. The van der Waals surface area contributed by atoms with Gasteiger partial charge in [0.15, 0.2) is 0 Å². The molecule has 1 aromatic carbocycles. The van der Waals surface area contributed by atoms with Gasteiger partial charge in [0.2, 0.25) is 5.88 Å². The van der Waals surface area contributed by atoms with Crippen LogP contribution in [0.3, 0.4) is 0 Å². The van der Waals surface area contributed by atoms with E-state index in [1.54, 1.807) is 18.3 Å². The highest BCUT2D eigenvalue weighted by Gasteiger charge is 2.05. The fourth-order valence-electron chi connectivity index (χ4n) is 1.17. The van der Waals surface area contributed by atoms with Crippen LogP contribution in [0.4, 0.5) is 0 Å². The highest BCUT2D eigenvalue weighted by atomic mass is 79.9. The van der Waals surface area contributed by atoms with E-state index >= 15 is 0 Å². The van der Waals surface area contributed by atoms with Crippen molar-refractivity contribution in [2.24, 2.45) is 5.73 Å². The lowest BCUT2D eigenvalue weighted by molar-refractivity contribution is 0.459. The van der Waals surface area contributed by atoms with Gasteiger partial charge in [-0.15, -0.1) is 0 Å². The monoisotopic (exact) mass is 313 g/mol. The van der Waals surface area contributed by atoms with Gasteiger partial charge in [0.1, 0.15) is 5.75 Å². The molecule has 0 fully saturated rings. The van der Waals surface area contributed by atoms with E-state index in [0.29, 0.717) is 28.9 Å². The van der Waals surface area contributed by atoms with Gasteiger partial charge in [-0.25, -0.2) is 4.98 Å². The molecule has 0 radical (unpaired) electrons. The third kappa shape index (κ3) is 3.15. The third-order valence-corrected chi connectivity index (χ3v) is 2.79. The van der Waals surface area contributed by atoms with Gasteiger partial charge in [0.05, 0.1) is 23.1 Å². The molecule has 0 aliphatic carbocycles. The number of aromatic nitrogens is 2. The largest absolute Gasteiger partial charge is 0.436 e. The third-order valence-electron chi connectivity index (χ3n) is 2.00. The average molecular weight is 315 g/mol. The summed E-state index contributed by atoms with van der Waals surface area (Å²) < 4.78 is 6.38. The molecule has 0 aliphatic heterocycles. The Labute approximate surface area is 112 Å². The number of benzene rings is 1. The summed E-state index contributed by atoms with van der Waals surface area (Å²) in [6, 6.07) is 5.34. The molecule has 4 nitrogen and oxygen atoms in total. The Hall–Kier alpha value is -1.17. The van der Waals surface area contributed by atoms with Crippen LogP contribution in [-0.2, 0) is 6.54 Å². The zero-order valence-corrected chi connectivity index (χ0v) is 11.1. The van der Waals surface area contributed by atoms with Gasteiger partial charge in [-0.1, -0.05) is 27.5 Å². The van der Waals surface area contributed by atoms with Gasteiger partial charge < -0.3 is 10.5 Å². The van der Waals surface area contributed by atoms with E-state index in [-0.39, 0.29) is 0 Å². The summed E-state index contributed by atoms with van der Waals surface area (Å²) in [4.78, 5) is 8.15. The predicted octanol–water partition coefficient (Wildman–Crippen LogP) is 3.14. The number of hydrogen-bond acceptors (Lipinski definition) is 4. The van der Waals surface area contributed by atoms with Crippen molar-refractivity contribution in [2.75, 3.05) is 0 Å². The van der Waals surface area contributed by atoms with E-state index < -0.39 is 0 Å². The van der Waals surface area contributed by atoms with Gasteiger partial charge in [0.25, 0.3) is 0 Å². The second-order valence-electron chi connectivity index (χ2n) is 3.23. The lowest BCUT2D eigenvalue weighted by Crippen LogP contribution is -2.00. The van der Waals surface area contributed by atoms with E-state index in [1.165, 1.54) is 6.20 Å². The first-order chi connectivity index (χ1) is 8.19. The standard InChI is InChI=1S/C11H9BrClN3O/c12-7-1-2-10(9(13)3-7)17-11-6-15-8(4-14)5-16-11/h1-3,5-6H,4,14H2. The second-order valence-corrected chi connectivity index (χ2v) is 4.55. The fraction of sp³-hybridized carbons (Fsp3) is 0.0909. The summed E-state index contributed by atoms with van der Waals surface area (Å²) in [6.45, 7) is 0.353. The predicted molar refractivity (Wildman–Crippen MR) is 69.1 cm³/mol. The number of halogens is 2. The minimum absolute atomic E-state index is 0.353. The average Bonchev–Trinajstić information content (AvgIpc) is 2.34. The van der Waals surface area contributed by atoms with Crippen LogP contribution in [0.5, 0.6) is 11.6 Å². The smallest absolute Gasteiger partial charge is 0.237 e. The van der Waals surface area contributed by atoms with E-state index in [1.807, 2.05) is 6.07 Å². The molecule has 0 atom stereocenters. The highest BCUT2D eigenvalue weighted by molar-refractivity contribution is 9.10. The Morgan fingerprint density at radius 1 is 1.29 bits per heavy atom. The van der Waals surface area contributed by atoms with E-state index in [2.05, 4.69) is 25.9 Å². The minimum atomic E-state index is 0.353.